The van der Waals surface area contributed by atoms with Crippen LogP contribution in [0.15, 0.2) is 29.4 Å². The molecule has 6 nitrogen and oxygen atoms in total. The van der Waals surface area contributed by atoms with Crippen molar-refractivity contribution < 1.29 is 14.7 Å². The van der Waals surface area contributed by atoms with Gasteiger partial charge in [0.15, 0.2) is 0 Å². The fourth-order valence-electron chi connectivity index (χ4n) is 1.77. The van der Waals surface area contributed by atoms with Crippen molar-refractivity contribution in [1.29, 1.82) is 0 Å². The normalized spacial score (nSPS) is 19.0. The molecule has 1 unspecified atom stereocenters. The number of carbonyl (C=O) groups is 2. The first-order valence-corrected chi connectivity index (χ1v) is 5.44. The summed E-state index contributed by atoms with van der Waals surface area (Å²) in [6.45, 7) is 1.68. The first-order chi connectivity index (χ1) is 8.54. The summed E-state index contributed by atoms with van der Waals surface area (Å²) in [6, 6.07) is 5.12. The molecule has 1 aliphatic rings. The smallest absolute Gasteiger partial charge is 0.281 e. The third-order valence-corrected chi connectivity index (χ3v) is 2.73. The van der Waals surface area contributed by atoms with Gasteiger partial charge in [0.1, 0.15) is 11.8 Å². The molecule has 2 rings (SSSR count). The van der Waals surface area contributed by atoms with E-state index in [0.717, 1.165) is 5.01 Å². The van der Waals surface area contributed by atoms with E-state index in [2.05, 4.69) is 10.4 Å². The Morgan fingerprint density at radius 1 is 1.39 bits per heavy atom. The molecule has 1 aromatic rings. The largest absolute Gasteiger partial charge is 0.508 e. The maximum atomic E-state index is 12.1. The second-order valence-corrected chi connectivity index (χ2v) is 3.97. The molecule has 0 fully saturated rings. The molecule has 0 spiro atoms. The number of amides is 2. The minimum atomic E-state index is -0.550. The van der Waals surface area contributed by atoms with Gasteiger partial charge in [-0.05, 0) is 38.2 Å². The van der Waals surface area contributed by atoms with Gasteiger partial charge in [-0.25, -0.2) is 0 Å². The Kier molecular flexibility index (Phi) is 3.12. The lowest BCUT2D eigenvalue weighted by molar-refractivity contribution is -0.127. The number of carbonyl (C=O) groups excluding carboxylic acids is 2. The zero-order valence-corrected chi connectivity index (χ0v) is 10.0. The lowest BCUT2D eigenvalue weighted by Crippen LogP contribution is -2.42. The van der Waals surface area contributed by atoms with Crippen LogP contribution >= 0.6 is 0 Å². The monoisotopic (exact) mass is 247 g/mol. The van der Waals surface area contributed by atoms with Crippen LogP contribution in [0.1, 0.15) is 17.3 Å². The van der Waals surface area contributed by atoms with Crippen LogP contribution in [0.5, 0.6) is 5.75 Å². The standard InChI is InChI=1S/C12H13N3O3/c1-7-10(13-2)12(18)15(14-7)11(17)8-3-5-9(16)6-4-8/h3-6,10,13,16H,1-2H3. The van der Waals surface area contributed by atoms with Gasteiger partial charge in [-0.15, -0.1) is 0 Å². The van der Waals surface area contributed by atoms with Crippen LogP contribution in [0.3, 0.4) is 0 Å². The fraction of sp³-hybridized carbons (Fsp3) is 0.250. The third kappa shape index (κ3) is 1.98. The van der Waals surface area contributed by atoms with E-state index in [-0.39, 0.29) is 5.75 Å². The molecule has 94 valence electrons. The summed E-state index contributed by atoms with van der Waals surface area (Å²) in [5, 5.41) is 16.7. The van der Waals surface area contributed by atoms with E-state index < -0.39 is 17.9 Å². The SMILES string of the molecule is CNC1C(=O)N(C(=O)c2ccc(O)cc2)N=C1C. The van der Waals surface area contributed by atoms with E-state index in [9.17, 15) is 9.59 Å². The lowest BCUT2D eigenvalue weighted by atomic mass is 10.2. The molecule has 0 aromatic heterocycles. The number of likely N-dealkylation sites (N-methyl/N-ethyl adjacent to an activating group) is 1. The maximum Gasteiger partial charge on any atom is 0.281 e. The van der Waals surface area contributed by atoms with E-state index in [4.69, 9.17) is 5.11 Å². The lowest BCUT2D eigenvalue weighted by Gasteiger charge is -2.12. The number of benzene rings is 1. The summed E-state index contributed by atoms with van der Waals surface area (Å²) in [6.07, 6.45) is 0. The molecule has 0 saturated heterocycles. The van der Waals surface area contributed by atoms with E-state index in [1.54, 1.807) is 14.0 Å². The highest BCUT2D eigenvalue weighted by molar-refractivity contribution is 6.18. The van der Waals surface area contributed by atoms with Gasteiger partial charge in [0, 0.05) is 5.56 Å². The molecule has 0 bridgehead atoms. The molecule has 18 heavy (non-hydrogen) atoms. The van der Waals surface area contributed by atoms with Crippen LogP contribution in [0, 0.1) is 0 Å². The molecule has 0 aliphatic carbocycles. The first-order valence-electron chi connectivity index (χ1n) is 5.44. The van der Waals surface area contributed by atoms with E-state index in [1.807, 2.05) is 0 Å². The van der Waals surface area contributed by atoms with Crippen molar-refractivity contribution in [3.05, 3.63) is 29.8 Å². The zero-order chi connectivity index (χ0) is 13.3. The van der Waals surface area contributed by atoms with Crippen molar-refractivity contribution in [2.45, 2.75) is 13.0 Å². The highest BCUT2D eigenvalue weighted by Crippen LogP contribution is 2.16. The van der Waals surface area contributed by atoms with Crippen molar-refractivity contribution in [1.82, 2.24) is 10.3 Å². The van der Waals surface area contributed by atoms with Crippen LogP contribution in [-0.4, -0.2) is 40.7 Å². The van der Waals surface area contributed by atoms with E-state index in [1.165, 1.54) is 24.3 Å². The molecule has 0 saturated carbocycles. The van der Waals surface area contributed by atoms with Gasteiger partial charge in [0.25, 0.3) is 11.8 Å². The number of hydrogen-bond acceptors (Lipinski definition) is 5. The Hall–Kier alpha value is -2.21. The van der Waals surface area contributed by atoms with Gasteiger partial charge in [0.05, 0.1) is 5.71 Å². The molecular weight excluding hydrogens is 234 g/mol. The topological polar surface area (TPSA) is 82.0 Å². The molecule has 1 aliphatic heterocycles. The van der Waals surface area contributed by atoms with Gasteiger partial charge in [-0.3, -0.25) is 9.59 Å². The quantitative estimate of drug-likeness (QED) is 0.738. The second kappa shape index (κ2) is 4.58. The zero-order valence-electron chi connectivity index (χ0n) is 10.0. The van der Waals surface area contributed by atoms with Gasteiger partial charge in [-0.1, -0.05) is 0 Å². The Labute approximate surface area is 104 Å². The van der Waals surface area contributed by atoms with Crippen molar-refractivity contribution in [2.24, 2.45) is 5.10 Å². The molecule has 6 heteroatoms. The molecule has 2 N–H and O–H groups in total. The van der Waals surface area contributed by atoms with E-state index >= 15 is 0 Å². The summed E-state index contributed by atoms with van der Waals surface area (Å²) >= 11 is 0. The summed E-state index contributed by atoms with van der Waals surface area (Å²) in [4.78, 5) is 24.0. The molecule has 1 aromatic carbocycles. The second-order valence-electron chi connectivity index (χ2n) is 3.97. The Bertz CT molecular complexity index is 522. The minimum absolute atomic E-state index is 0.0621. The van der Waals surface area contributed by atoms with Gasteiger partial charge >= 0.3 is 0 Å². The van der Waals surface area contributed by atoms with E-state index in [0.29, 0.717) is 11.3 Å². The minimum Gasteiger partial charge on any atom is -0.508 e. The van der Waals surface area contributed by atoms with Gasteiger partial charge in [-0.2, -0.15) is 10.1 Å². The number of phenols is 1. The first kappa shape index (κ1) is 12.3. The number of imide groups is 1. The number of hydrogen-bond donors (Lipinski definition) is 2. The number of phenolic OH excluding ortho intramolecular Hbond substituents is 1. The molecule has 2 amide bonds. The van der Waals surface area contributed by atoms with Crippen molar-refractivity contribution in [2.75, 3.05) is 7.05 Å². The summed E-state index contributed by atoms with van der Waals surface area (Å²) in [5.74, 6) is -0.836. The summed E-state index contributed by atoms with van der Waals surface area (Å²) in [7, 11) is 1.64. The predicted octanol–water partition coefficient (Wildman–Crippen LogP) is 0.338. The van der Waals surface area contributed by atoms with Crippen LogP contribution in [0.25, 0.3) is 0 Å². The number of nitrogens with one attached hydrogen (secondary N) is 1. The molecular formula is C12H13N3O3. The van der Waals surface area contributed by atoms with Gasteiger partial charge in [0.2, 0.25) is 0 Å². The Morgan fingerprint density at radius 2 is 2.00 bits per heavy atom. The average molecular weight is 247 g/mol. The highest BCUT2D eigenvalue weighted by atomic mass is 16.3. The van der Waals surface area contributed by atoms with Crippen molar-refractivity contribution >= 4 is 17.5 Å². The number of hydrazone groups is 1. The van der Waals surface area contributed by atoms with Crippen LogP contribution in [-0.2, 0) is 4.79 Å². The number of aromatic hydroxyl groups is 1. The Morgan fingerprint density at radius 3 is 2.50 bits per heavy atom. The molecule has 1 atom stereocenters. The van der Waals surface area contributed by atoms with Crippen molar-refractivity contribution in [3.8, 4) is 5.75 Å². The maximum absolute atomic E-state index is 12.1. The summed E-state index contributed by atoms with van der Waals surface area (Å²) < 4.78 is 0. The molecule has 0 radical (unpaired) electrons. The molecule has 1 heterocycles. The summed E-state index contributed by atoms with van der Waals surface area (Å²) in [5.41, 5.74) is 0.851. The third-order valence-electron chi connectivity index (χ3n) is 2.73. The fourth-order valence-corrected chi connectivity index (χ4v) is 1.77. The van der Waals surface area contributed by atoms with Crippen LogP contribution in [0.2, 0.25) is 0 Å². The van der Waals surface area contributed by atoms with Gasteiger partial charge < -0.3 is 10.4 Å². The number of rotatable bonds is 2. The number of nitrogens with zero attached hydrogens (tertiary/aromatic N) is 2. The Balaban J connectivity index is 2.26. The van der Waals surface area contributed by atoms with Crippen molar-refractivity contribution in [3.63, 3.8) is 0 Å². The highest BCUT2D eigenvalue weighted by Gasteiger charge is 2.36. The van der Waals surface area contributed by atoms with Crippen LogP contribution in [0.4, 0.5) is 0 Å². The predicted molar refractivity (Wildman–Crippen MR) is 65.2 cm³/mol. The van der Waals surface area contributed by atoms with Crippen LogP contribution < -0.4 is 5.32 Å². The average Bonchev–Trinajstić information content (AvgIpc) is 2.64.